The van der Waals surface area contributed by atoms with Gasteiger partial charge in [-0.25, -0.2) is 18.5 Å². The molecule has 0 bridgehead atoms. The average Bonchev–Trinajstić information content (AvgIpc) is 3.20. The first-order valence-corrected chi connectivity index (χ1v) is 10.1. The summed E-state index contributed by atoms with van der Waals surface area (Å²) in [6.45, 7) is 2.54. The van der Waals surface area contributed by atoms with Gasteiger partial charge >= 0.3 is 0 Å². The second-order valence-corrected chi connectivity index (χ2v) is 8.16. The predicted molar refractivity (Wildman–Crippen MR) is 97.4 cm³/mol. The van der Waals surface area contributed by atoms with E-state index in [1.807, 2.05) is 37.7 Å². The van der Waals surface area contributed by atoms with Gasteiger partial charge in [0, 0.05) is 31.2 Å². The molecule has 0 radical (unpaired) electrons. The summed E-state index contributed by atoms with van der Waals surface area (Å²) in [5, 5.41) is 15.7. The van der Waals surface area contributed by atoms with Crippen LogP contribution in [0.2, 0.25) is 0 Å². The van der Waals surface area contributed by atoms with Crippen molar-refractivity contribution in [3.63, 3.8) is 0 Å². The largest absolute Gasteiger partial charge is 0.305 e. The van der Waals surface area contributed by atoms with Crippen LogP contribution >= 0.6 is 11.3 Å². The molecule has 0 aliphatic heterocycles. The third-order valence-electron chi connectivity index (χ3n) is 3.76. The molecular weight excluding hydrogens is 358 g/mol. The minimum Gasteiger partial charge on any atom is -0.305 e. The molecule has 0 aliphatic carbocycles. The first kappa shape index (κ1) is 17.7. The number of nitrogens with two attached hydrogens (primary N) is 1. The molecule has 0 spiro atoms. The van der Waals surface area contributed by atoms with E-state index in [2.05, 4.69) is 15.4 Å². The van der Waals surface area contributed by atoms with E-state index in [0.717, 1.165) is 22.0 Å². The highest BCUT2D eigenvalue weighted by Gasteiger charge is 2.12. The van der Waals surface area contributed by atoms with Crippen molar-refractivity contribution in [3.8, 4) is 10.7 Å². The fourth-order valence-electron chi connectivity index (χ4n) is 2.37. The lowest BCUT2D eigenvalue weighted by Gasteiger charge is -2.14. The highest BCUT2D eigenvalue weighted by molar-refractivity contribution is 7.89. The number of benzene rings is 1. The first-order chi connectivity index (χ1) is 11.8. The van der Waals surface area contributed by atoms with E-state index in [0.29, 0.717) is 6.54 Å². The predicted octanol–water partition coefficient (Wildman–Crippen LogP) is 2.04. The maximum Gasteiger partial charge on any atom is 0.238 e. The van der Waals surface area contributed by atoms with Gasteiger partial charge in [0.15, 0.2) is 0 Å². The molecule has 2 aromatic heterocycles. The minimum atomic E-state index is -3.70. The van der Waals surface area contributed by atoms with Gasteiger partial charge < -0.3 is 5.32 Å². The van der Waals surface area contributed by atoms with Gasteiger partial charge in [0.25, 0.3) is 0 Å². The first-order valence-electron chi connectivity index (χ1n) is 7.63. The van der Waals surface area contributed by atoms with Crippen molar-refractivity contribution in [2.24, 2.45) is 12.2 Å². The van der Waals surface area contributed by atoms with E-state index in [1.54, 1.807) is 28.2 Å². The SMILES string of the molecule is CC(NCc1csc(-c2ccn(C)n2)n1)c1cccc(S(N)(=O)=O)c1. The van der Waals surface area contributed by atoms with Crippen molar-refractivity contribution in [1.82, 2.24) is 20.1 Å². The Hall–Kier alpha value is -2.07. The van der Waals surface area contributed by atoms with Crippen molar-refractivity contribution in [1.29, 1.82) is 0 Å². The van der Waals surface area contributed by atoms with Gasteiger partial charge in [0.2, 0.25) is 10.0 Å². The van der Waals surface area contributed by atoms with Crippen LogP contribution in [0.25, 0.3) is 10.7 Å². The van der Waals surface area contributed by atoms with Gasteiger partial charge in [-0.05, 0) is 30.7 Å². The Balaban J connectivity index is 1.67. The zero-order valence-electron chi connectivity index (χ0n) is 13.9. The summed E-state index contributed by atoms with van der Waals surface area (Å²) in [4.78, 5) is 4.70. The van der Waals surface area contributed by atoms with Gasteiger partial charge in [-0.15, -0.1) is 11.3 Å². The Kier molecular flexibility index (Phi) is 5.00. The molecule has 0 fully saturated rings. The molecule has 0 aliphatic rings. The Morgan fingerprint density at radius 3 is 2.84 bits per heavy atom. The number of thiazole rings is 1. The lowest BCUT2D eigenvalue weighted by molar-refractivity contribution is 0.567. The van der Waals surface area contributed by atoms with E-state index in [1.165, 1.54) is 6.07 Å². The molecule has 132 valence electrons. The summed E-state index contributed by atoms with van der Waals surface area (Å²) in [6.07, 6.45) is 1.88. The molecule has 0 amide bonds. The Labute approximate surface area is 150 Å². The van der Waals surface area contributed by atoms with Gasteiger partial charge in [-0.3, -0.25) is 4.68 Å². The van der Waals surface area contributed by atoms with Crippen LogP contribution in [-0.2, 0) is 23.6 Å². The summed E-state index contributed by atoms with van der Waals surface area (Å²) < 4.78 is 24.7. The molecule has 3 N–H and O–H groups in total. The van der Waals surface area contributed by atoms with Crippen molar-refractivity contribution < 1.29 is 8.42 Å². The summed E-state index contributed by atoms with van der Waals surface area (Å²) in [5.74, 6) is 0. The second kappa shape index (κ2) is 7.04. The van der Waals surface area contributed by atoms with Gasteiger partial charge in [0.05, 0.1) is 10.6 Å². The van der Waals surface area contributed by atoms with Crippen LogP contribution in [0.4, 0.5) is 0 Å². The molecule has 1 atom stereocenters. The van der Waals surface area contributed by atoms with Crippen molar-refractivity contribution >= 4 is 21.4 Å². The van der Waals surface area contributed by atoms with Gasteiger partial charge in [0.1, 0.15) is 10.7 Å². The normalized spacial score (nSPS) is 13.1. The molecule has 1 unspecified atom stereocenters. The van der Waals surface area contributed by atoms with E-state index >= 15 is 0 Å². The molecule has 3 aromatic rings. The van der Waals surface area contributed by atoms with E-state index in [9.17, 15) is 8.42 Å². The number of hydrogen-bond acceptors (Lipinski definition) is 6. The molecular formula is C16H19N5O2S2. The van der Waals surface area contributed by atoms with Crippen LogP contribution in [0.5, 0.6) is 0 Å². The van der Waals surface area contributed by atoms with Gasteiger partial charge in [-0.2, -0.15) is 5.10 Å². The molecule has 1 aromatic carbocycles. The van der Waals surface area contributed by atoms with Crippen molar-refractivity contribution in [2.75, 3.05) is 0 Å². The number of primary sulfonamides is 1. The quantitative estimate of drug-likeness (QED) is 0.684. The zero-order chi connectivity index (χ0) is 18.0. The third-order valence-corrected chi connectivity index (χ3v) is 5.59. The molecule has 9 heteroatoms. The standard InChI is InChI=1S/C16H19N5O2S2/c1-11(12-4-3-5-14(8-12)25(17,22)23)18-9-13-10-24-16(19-13)15-6-7-21(2)20-15/h3-8,10-11,18H,9H2,1-2H3,(H2,17,22,23). The average molecular weight is 377 g/mol. The molecule has 25 heavy (non-hydrogen) atoms. The topological polar surface area (TPSA) is 103 Å². The van der Waals surface area contributed by atoms with E-state index in [-0.39, 0.29) is 10.9 Å². The molecule has 0 saturated heterocycles. The third kappa shape index (κ3) is 4.31. The Bertz CT molecular complexity index is 978. The number of hydrogen-bond donors (Lipinski definition) is 2. The highest BCUT2D eigenvalue weighted by atomic mass is 32.2. The highest BCUT2D eigenvalue weighted by Crippen LogP contribution is 2.22. The molecule has 0 saturated carbocycles. The van der Waals surface area contributed by atoms with Crippen LogP contribution in [0.15, 0.2) is 46.8 Å². The summed E-state index contributed by atoms with van der Waals surface area (Å²) in [6, 6.07) is 8.53. The van der Waals surface area contributed by atoms with Crippen LogP contribution in [-0.4, -0.2) is 23.2 Å². The molecule has 2 heterocycles. The maximum atomic E-state index is 11.5. The Morgan fingerprint density at radius 2 is 2.16 bits per heavy atom. The number of rotatable bonds is 6. The minimum absolute atomic E-state index is 0.0401. The fourth-order valence-corrected chi connectivity index (χ4v) is 3.72. The summed E-state index contributed by atoms with van der Waals surface area (Å²) in [5.41, 5.74) is 2.62. The fraction of sp³-hybridized carbons (Fsp3) is 0.250. The smallest absolute Gasteiger partial charge is 0.238 e. The van der Waals surface area contributed by atoms with Crippen LogP contribution in [0, 0.1) is 0 Å². The lowest BCUT2D eigenvalue weighted by atomic mass is 10.1. The van der Waals surface area contributed by atoms with Crippen molar-refractivity contribution in [2.45, 2.75) is 24.4 Å². The number of aryl methyl sites for hydroxylation is 1. The maximum absolute atomic E-state index is 11.5. The number of sulfonamides is 1. The molecule has 3 rings (SSSR count). The Morgan fingerprint density at radius 1 is 1.36 bits per heavy atom. The van der Waals surface area contributed by atoms with Crippen LogP contribution in [0.1, 0.15) is 24.2 Å². The van der Waals surface area contributed by atoms with Crippen LogP contribution in [0.3, 0.4) is 0 Å². The van der Waals surface area contributed by atoms with E-state index < -0.39 is 10.0 Å². The summed E-state index contributed by atoms with van der Waals surface area (Å²) >= 11 is 1.55. The number of aromatic nitrogens is 3. The van der Waals surface area contributed by atoms with E-state index in [4.69, 9.17) is 5.14 Å². The number of nitrogens with zero attached hydrogens (tertiary/aromatic N) is 3. The van der Waals surface area contributed by atoms with Crippen LogP contribution < -0.4 is 10.5 Å². The lowest BCUT2D eigenvalue weighted by Crippen LogP contribution is -2.19. The monoisotopic (exact) mass is 377 g/mol. The second-order valence-electron chi connectivity index (χ2n) is 5.74. The summed E-state index contributed by atoms with van der Waals surface area (Å²) in [7, 11) is -1.83. The number of nitrogens with one attached hydrogen (secondary N) is 1. The molecule has 7 nitrogen and oxygen atoms in total. The van der Waals surface area contributed by atoms with Gasteiger partial charge in [-0.1, -0.05) is 12.1 Å². The zero-order valence-corrected chi connectivity index (χ0v) is 15.5. The van der Waals surface area contributed by atoms with Crippen molar-refractivity contribution in [3.05, 3.63) is 53.2 Å².